The summed E-state index contributed by atoms with van der Waals surface area (Å²) in [6, 6.07) is 0. The molecule has 0 N–H and O–H groups in total. The number of rotatable bonds is 1. The van der Waals surface area contributed by atoms with E-state index in [9.17, 15) is 0 Å². The molecule has 0 saturated heterocycles. The summed E-state index contributed by atoms with van der Waals surface area (Å²) in [7, 11) is 0. The van der Waals surface area contributed by atoms with Gasteiger partial charge >= 0.3 is 0 Å². The van der Waals surface area contributed by atoms with E-state index in [1.165, 1.54) is 22.4 Å². The maximum atomic E-state index is 4.57. The van der Waals surface area contributed by atoms with E-state index in [-0.39, 0.29) is 0 Å². The van der Waals surface area contributed by atoms with Crippen molar-refractivity contribution in [3.63, 3.8) is 0 Å². The predicted molar refractivity (Wildman–Crippen MR) is 73.5 cm³/mol. The summed E-state index contributed by atoms with van der Waals surface area (Å²) >= 11 is 0. The van der Waals surface area contributed by atoms with Gasteiger partial charge in [-0.1, -0.05) is 17.2 Å². The fraction of sp³-hybridized carbons (Fsp3) is 0.400. The first-order valence-corrected chi connectivity index (χ1v) is 6.15. The second-order valence-corrected chi connectivity index (χ2v) is 4.99. The number of allylic oxidation sites excluding steroid dienone is 5. The summed E-state index contributed by atoms with van der Waals surface area (Å²) < 4.78 is 0. The van der Waals surface area contributed by atoms with Crippen molar-refractivity contribution in [2.45, 2.75) is 40.5 Å². The molecule has 17 heavy (non-hydrogen) atoms. The third-order valence-electron chi connectivity index (χ3n) is 2.87. The van der Waals surface area contributed by atoms with E-state index in [0.29, 0.717) is 0 Å². The van der Waals surface area contributed by atoms with Crippen LogP contribution >= 0.6 is 0 Å². The number of hydrogen-bond donors (Lipinski definition) is 0. The molecule has 2 aliphatic rings. The molecule has 2 nitrogen and oxygen atoms in total. The minimum atomic E-state index is 1.05. The Balaban J connectivity index is 2.50. The summed E-state index contributed by atoms with van der Waals surface area (Å²) in [4.78, 5) is 6.79. The van der Waals surface area contributed by atoms with E-state index in [4.69, 9.17) is 0 Å². The summed E-state index contributed by atoms with van der Waals surface area (Å²) in [5.41, 5.74) is 5.18. The van der Waals surface area contributed by atoms with E-state index in [0.717, 1.165) is 18.7 Å². The van der Waals surface area contributed by atoms with Crippen LogP contribution in [0.4, 0.5) is 0 Å². The van der Waals surface area contributed by atoms with Crippen molar-refractivity contribution in [1.82, 2.24) is 4.90 Å². The Labute approximate surface area is 104 Å². The van der Waals surface area contributed by atoms with Crippen molar-refractivity contribution in [3.8, 4) is 0 Å². The Kier molecular flexibility index (Phi) is 3.32. The Morgan fingerprint density at radius 1 is 1.24 bits per heavy atom. The lowest BCUT2D eigenvalue weighted by Crippen LogP contribution is -2.21. The molecule has 2 rings (SSSR count). The molecule has 2 heterocycles. The van der Waals surface area contributed by atoms with Crippen LogP contribution < -0.4 is 0 Å². The van der Waals surface area contributed by atoms with Crippen LogP contribution in [0.25, 0.3) is 0 Å². The molecule has 0 saturated carbocycles. The standard InChI is InChI=1S/C15H20N2/c1-11(2)10-17-14(12(3)4)8-7-13-6-5-9-16-15(13)17/h7-10H,5-6H2,1-4H3. The van der Waals surface area contributed by atoms with Gasteiger partial charge in [0.25, 0.3) is 0 Å². The largest absolute Gasteiger partial charge is 0.302 e. The van der Waals surface area contributed by atoms with Crippen LogP contribution in [0.5, 0.6) is 0 Å². The third-order valence-corrected chi connectivity index (χ3v) is 2.87. The van der Waals surface area contributed by atoms with Crippen molar-refractivity contribution < 1.29 is 0 Å². The Hall–Kier alpha value is -1.57. The molecule has 90 valence electrons. The second kappa shape index (κ2) is 4.74. The lowest BCUT2D eigenvalue weighted by Gasteiger charge is -2.30. The highest BCUT2D eigenvalue weighted by Crippen LogP contribution is 2.31. The van der Waals surface area contributed by atoms with Gasteiger partial charge in [0.15, 0.2) is 0 Å². The minimum absolute atomic E-state index is 1.05. The molecule has 0 spiro atoms. The molecular formula is C15H20N2. The van der Waals surface area contributed by atoms with Crippen LogP contribution in [0.2, 0.25) is 0 Å². The molecule has 2 aliphatic heterocycles. The Morgan fingerprint density at radius 3 is 2.65 bits per heavy atom. The second-order valence-electron chi connectivity index (χ2n) is 4.99. The van der Waals surface area contributed by atoms with Gasteiger partial charge in [-0.2, -0.15) is 0 Å². The fourth-order valence-corrected chi connectivity index (χ4v) is 2.11. The zero-order chi connectivity index (χ0) is 12.4. The van der Waals surface area contributed by atoms with Gasteiger partial charge in [-0.15, -0.1) is 0 Å². The molecule has 0 aliphatic carbocycles. The first kappa shape index (κ1) is 11.9. The minimum Gasteiger partial charge on any atom is -0.302 e. The molecule has 0 aromatic heterocycles. The quantitative estimate of drug-likeness (QED) is 0.658. The summed E-state index contributed by atoms with van der Waals surface area (Å²) in [5.74, 6) is 1.09. The van der Waals surface area contributed by atoms with Crippen LogP contribution in [0.3, 0.4) is 0 Å². The predicted octanol–water partition coefficient (Wildman–Crippen LogP) is 4.15. The highest BCUT2D eigenvalue weighted by atomic mass is 15.2. The first-order valence-electron chi connectivity index (χ1n) is 6.15. The normalized spacial score (nSPS) is 18.4. The SMILES string of the molecule is CC(C)=CN1C(=C(C)C)C=CC2=C1N=CCC2. The summed E-state index contributed by atoms with van der Waals surface area (Å²) in [6.45, 7) is 8.52. The van der Waals surface area contributed by atoms with E-state index in [1.807, 2.05) is 6.21 Å². The van der Waals surface area contributed by atoms with Crippen LogP contribution in [0, 0.1) is 0 Å². The Bertz CT molecular complexity index is 465. The van der Waals surface area contributed by atoms with Crippen LogP contribution in [0.15, 0.2) is 51.6 Å². The highest BCUT2D eigenvalue weighted by Gasteiger charge is 2.20. The zero-order valence-corrected chi connectivity index (χ0v) is 11.1. The maximum Gasteiger partial charge on any atom is 0.139 e. The number of hydrogen-bond acceptors (Lipinski definition) is 2. The number of nitrogens with zero attached hydrogens (tertiary/aromatic N) is 2. The van der Waals surface area contributed by atoms with E-state index in [1.54, 1.807) is 0 Å². The number of aliphatic imine (C=N–C) groups is 1. The van der Waals surface area contributed by atoms with Gasteiger partial charge in [-0.05, 0) is 52.2 Å². The van der Waals surface area contributed by atoms with Crippen molar-refractivity contribution >= 4 is 6.21 Å². The average molecular weight is 228 g/mol. The van der Waals surface area contributed by atoms with E-state index in [2.05, 4.69) is 55.9 Å². The van der Waals surface area contributed by atoms with Gasteiger partial charge in [0, 0.05) is 18.1 Å². The first-order chi connectivity index (χ1) is 8.09. The maximum absolute atomic E-state index is 4.57. The molecule has 0 atom stereocenters. The van der Waals surface area contributed by atoms with Crippen LogP contribution in [0.1, 0.15) is 40.5 Å². The molecular weight excluding hydrogens is 208 g/mol. The lowest BCUT2D eigenvalue weighted by molar-refractivity contribution is 0.552. The molecule has 0 aromatic carbocycles. The van der Waals surface area contributed by atoms with Gasteiger partial charge in [-0.3, -0.25) is 0 Å². The van der Waals surface area contributed by atoms with E-state index < -0.39 is 0 Å². The highest BCUT2D eigenvalue weighted by molar-refractivity contribution is 5.63. The van der Waals surface area contributed by atoms with Crippen LogP contribution in [-0.4, -0.2) is 11.1 Å². The van der Waals surface area contributed by atoms with Gasteiger partial charge < -0.3 is 4.90 Å². The van der Waals surface area contributed by atoms with E-state index >= 15 is 0 Å². The summed E-state index contributed by atoms with van der Waals surface area (Å²) in [5, 5.41) is 0. The van der Waals surface area contributed by atoms with Gasteiger partial charge in [0.1, 0.15) is 5.82 Å². The molecule has 0 aromatic rings. The molecule has 0 fully saturated rings. The van der Waals surface area contributed by atoms with Crippen molar-refractivity contribution in [3.05, 3.63) is 46.6 Å². The molecule has 2 heteroatoms. The van der Waals surface area contributed by atoms with Gasteiger partial charge in [-0.25, -0.2) is 4.99 Å². The Morgan fingerprint density at radius 2 is 2.00 bits per heavy atom. The molecule has 0 radical (unpaired) electrons. The lowest BCUT2D eigenvalue weighted by atomic mass is 10.0. The topological polar surface area (TPSA) is 15.6 Å². The smallest absolute Gasteiger partial charge is 0.139 e. The average Bonchev–Trinajstić information content (AvgIpc) is 2.28. The van der Waals surface area contributed by atoms with Gasteiger partial charge in [0.2, 0.25) is 0 Å². The monoisotopic (exact) mass is 228 g/mol. The zero-order valence-electron chi connectivity index (χ0n) is 11.1. The van der Waals surface area contributed by atoms with Gasteiger partial charge in [0.05, 0.1) is 0 Å². The van der Waals surface area contributed by atoms with Crippen molar-refractivity contribution in [1.29, 1.82) is 0 Å². The molecule has 0 unspecified atom stereocenters. The van der Waals surface area contributed by atoms with Crippen molar-refractivity contribution in [2.24, 2.45) is 4.99 Å². The van der Waals surface area contributed by atoms with Crippen LogP contribution in [-0.2, 0) is 0 Å². The molecule has 0 amide bonds. The fourth-order valence-electron chi connectivity index (χ4n) is 2.11. The summed E-state index contributed by atoms with van der Waals surface area (Å²) in [6.07, 6.45) is 10.8. The van der Waals surface area contributed by atoms with Crippen molar-refractivity contribution in [2.75, 3.05) is 0 Å². The molecule has 0 bridgehead atoms. The third kappa shape index (κ3) is 2.41.